The van der Waals surface area contributed by atoms with Crippen LogP contribution < -0.4 is 11.1 Å². The number of carbonyl (C=O) groups excluding carboxylic acids is 2. The summed E-state index contributed by atoms with van der Waals surface area (Å²) in [5.41, 5.74) is 6.00. The first kappa shape index (κ1) is 16.6. The highest BCUT2D eigenvalue weighted by atomic mass is 16.6. The van der Waals surface area contributed by atoms with E-state index in [4.69, 9.17) is 10.8 Å². The minimum Gasteiger partial charge on any atom is -0.478 e. The number of carboxylic acids is 1. The molecule has 0 aliphatic rings. The molecule has 1 aromatic rings. The van der Waals surface area contributed by atoms with Gasteiger partial charge in [0.25, 0.3) is 0 Å². The molecule has 1 atom stereocenters. The van der Waals surface area contributed by atoms with Crippen molar-refractivity contribution in [2.24, 2.45) is 11.7 Å². The van der Waals surface area contributed by atoms with Crippen LogP contribution >= 0.6 is 0 Å². The third kappa shape index (κ3) is 5.62. The van der Waals surface area contributed by atoms with Crippen molar-refractivity contribution in [2.75, 3.05) is 5.32 Å². The van der Waals surface area contributed by atoms with Crippen molar-refractivity contribution >= 4 is 23.7 Å². The van der Waals surface area contributed by atoms with Gasteiger partial charge in [0.1, 0.15) is 6.04 Å². The molecule has 0 saturated carbocycles. The van der Waals surface area contributed by atoms with Gasteiger partial charge in [0.05, 0.1) is 5.56 Å². The first-order valence-corrected chi connectivity index (χ1v) is 6.41. The van der Waals surface area contributed by atoms with E-state index in [-0.39, 0.29) is 11.5 Å². The number of anilines is 1. The number of hydrogen-bond donors (Lipinski definition) is 3. The smallest absolute Gasteiger partial charge is 0.419 e. The number of amides is 1. The highest BCUT2D eigenvalue weighted by molar-refractivity contribution is 5.95. The number of carboxylic acid groups (broad SMARTS) is 1. The molecule has 4 N–H and O–H groups in total. The van der Waals surface area contributed by atoms with Crippen molar-refractivity contribution in [2.45, 2.75) is 26.3 Å². The number of nitrogens with one attached hydrogen (secondary N) is 1. The molecule has 1 amide bonds. The SMILES string of the molecule is CC(C)C[C@H](N)C(=O)OC(=O)Nc1ccc(C(=O)O)cc1. The lowest BCUT2D eigenvalue weighted by molar-refractivity contribution is -0.138. The highest BCUT2D eigenvalue weighted by Crippen LogP contribution is 2.10. The monoisotopic (exact) mass is 294 g/mol. The molecular weight excluding hydrogens is 276 g/mol. The lowest BCUT2D eigenvalue weighted by Crippen LogP contribution is -2.36. The van der Waals surface area contributed by atoms with Crippen molar-refractivity contribution in [3.63, 3.8) is 0 Å². The van der Waals surface area contributed by atoms with Gasteiger partial charge >= 0.3 is 18.0 Å². The second kappa shape index (κ2) is 7.39. The summed E-state index contributed by atoms with van der Waals surface area (Å²) in [7, 11) is 0. The molecule has 1 aromatic carbocycles. The maximum Gasteiger partial charge on any atom is 0.419 e. The first-order chi connectivity index (χ1) is 9.79. The average molecular weight is 294 g/mol. The van der Waals surface area contributed by atoms with Crippen molar-refractivity contribution in [1.82, 2.24) is 0 Å². The van der Waals surface area contributed by atoms with Gasteiger partial charge in [0, 0.05) is 5.69 Å². The normalized spacial score (nSPS) is 11.8. The van der Waals surface area contributed by atoms with Crippen LogP contribution in [0.3, 0.4) is 0 Å². The van der Waals surface area contributed by atoms with Gasteiger partial charge in [0.15, 0.2) is 0 Å². The van der Waals surface area contributed by atoms with Gasteiger partial charge in [-0.15, -0.1) is 0 Å². The van der Waals surface area contributed by atoms with Crippen molar-refractivity contribution in [3.8, 4) is 0 Å². The number of nitrogens with two attached hydrogens (primary N) is 1. The van der Waals surface area contributed by atoms with Gasteiger partial charge in [-0.2, -0.15) is 0 Å². The largest absolute Gasteiger partial charge is 0.478 e. The van der Waals surface area contributed by atoms with E-state index >= 15 is 0 Å². The maximum atomic E-state index is 11.5. The van der Waals surface area contributed by atoms with Crippen LogP contribution in [0.4, 0.5) is 10.5 Å². The highest BCUT2D eigenvalue weighted by Gasteiger charge is 2.19. The number of carbonyl (C=O) groups is 3. The van der Waals surface area contributed by atoms with E-state index in [0.717, 1.165) is 0 Å². The second-order valence-corrected chi connectivity index (χ2v) is 4.95. The Bertz CT molecular complexity index is 525. The number of benzene rings is 1. The molecule has 0 bridgehead atoms. The lowest BCUT2D eigenvalue weighted by Gasteiger charge is -2.12. The fourth-order valence-corrected chi connectivity index (χ4v) is 1.61. The molecule has 0 spiro atoms. The number of rotatable bonds is 5. The van der Waals surface area contributed by atoms with Crippen LogP contribution in [0.5, 0.6) is 0 Å². The van der Waals surface area contributed by atoms with Crippen LogP contribution in [-0.4, -0.2) is 29.2 Å². The van der Waals surface area contributed by atoms with E-state index < -0.39 is 24.1 Å². The van der Waals surface area contributed by atoms with Gasteiger partial charge in [-0.3, -0.25) is 5.32 Å². The summed E-state index contributed by atoms with van der Waals surface area (Å²) in [6, 6.07) is 4.58. The van der Waals surface area contributed by atoms with E-state index in [1.54, 1.807) is 0 Å². The Labute approximate surface area is 122 Å². The Morgan fingerprint density at radius 3 is 2.29 bits per heavy atom. The summed E-state index contributed by atoms with van der Waals surface area (Å²) >= 11 is 0. The Morgan fingerprint density at radius 2 is 1.81 bits per heavy atom. The predicted molar refractivity (Wildman–Crippen MR) is 75.9 cm³/mol. The van der Waals surface area contributed by atoms with Crippen LogP contribution in [0.1, 0.15) is 30.6 Å². The third-order valence-electron chi connectivity index (χ3n) is 2.60. The van der Waals surface area contributed by atoms with Gasteiger partial charge in [-0.05, 0) is 36.6 Å². The minimum absolute atomic E-state index is 0.0870. The molecule has 21 heavy (non-hydrogen) atoms. The summed E-state index contributed by atoms with van der Waals surface area (Å²) in [4.78, 5) is 33.7. The Balaban J connectivity index is 2.53. The molecule has 114 valence electrons. The fraction of sp³-hybridized carbons (Fsp3) is 0.357. The van der Waals surface area contributed by atoms with Gasteiger partial charge in [-0.1, -0.05) is 13.8 Å². The molecule has 0 aliphatic heterocycles. The molecule has 0 heterocycles. The minimum atomic E-state index is -1.07. The second-order valence-electron chi connectivity index (χ2n) is 4.95. The molecular formula is C14H18N2O5. The molecule has 0 fully saturated rings. The third-order valence-corrected chi connectivity index (χ3v) is 2.60. The summed E-state index contributed by atoms with van der Waals surface area (Å²) in [5, 5.41) is 11.1. The Morgan fingerprint density at radius 1 is 1.24 bits per heavy atom. The van der Waals surface area contributed by atoms with Crippen LogP contribution in [0, 0.1) is 5.92 Å². The van der Waals surface area contributed by atoms with Crippen molar-refractivity contribution in [1.29, 1.82) is 0 Å². The number of esters is 1. The zero-order chi connectivity index (χ0) is 16.0. The summed E-state index contributed by atoms with van der Waals surface area (Å²) in [6.07, 6.45) is -0.540. The number of aromatic carboxylic acids is 1. The fourth-order valence-electron chi connectivity index (χ4n) is 1.61. The van der Waals surface area contributed by atoms with Gasteiger partial charge in [-0.25, -0.2) is 14.4 Å². The van der Waals surface area contributed by atoms with Gasteiger partial charge in [0.2, 0.25) is 0 Å². The van der Waals surface area contributed by atoms with Crippen LogP contribution in [0.25, 0.3) is 0 Å². The summed E-state index contributed by atoms with van der Waals surface area (Å²) in [6.45, 7) is 3.80. The summed E-state index contributed by atoms with van der Waals surface area (Å²) < 4.78 is 4.56. The number of ether oxygens (including phenoxy) is 1. The molecule has 1 rings (SSSR count). The lowest BCUT2D eigenvalue weighted by atomic mass is 10.1. The molecule has 0 saturated heterocycles. The first-order valence-electron chi connectivity index (χ1n) is 6.41. The van der Waals surface area contributed by atoms with Crippen molar-refractivity contribution < 1.29 is 24.2 Å². The molecule has 7 heteroatoms. The number of hydrogen-bond acceptors (Lipinski definition) is 5. The molecule has 0 aromatic heterocycles. The van der Waals surface area contributed by atoms with Crippen LogP contribution in [0.2, 0.25) is 0 Å². The van der Waals surface area contributed by atoms with Crippen LogP contribution in [-0.2, 0) is 9.53 Å². The maximum absolute atomic E-state index is 11.5. The molecule has 0 radical (unpaired) electrons. The van der Waals surface area contributed by atoms with E-state index in [1.165, 1.54) is 24.3 Å². The average Bonchev–Trinajstić information content (AvgIpc) is 2.38. The zero-order valence-electron chi connectivity index (χ0n) is 11.8. The molecule has 0 aliphatic carbocycles. The van der Waals surface area contributed by atoms with E-state index in [1.807, 2.05) is 13.8 Å². The Hall–Kier alpha value is -2.41. The van der Waals surface area contributed by atoms with E-state index in [9.17, 15) is 14.4 Å². The molecule has 0 unspecified atom stereocenters. The van der Waals surface area contributed by atoms with Gasteiger partial charge < -0.3 is 15.6 Å². The van der Waals surface area contributed by atoms with Crippen molar-refractivity contribution in [3.05, 3.63) is 29.8 Å². The predicted octanol–water partition coefficient (Wildman–Crippen LogP) is 1.83. The topological polar surface area (TPSA) is 119 Å². The zero-order valence-corrected chi connectivity index (χ0v) is 11.8. The molecule has 7 nitrogen and oxygen atoms in total. The summed E-state index contributed by atoms with van der Waals surface area (Å²) in [5.74, 6) is -1.67. The van der Waals surface area contributed by atoms with E-state index in [0.29, 0.717) is 12.1 Å². The standard InChI is InChI=1S/C14H18N2O5/c1-8(2)7-11(15)13(19)21-14(20)16-10-5-3-9(4-6-10)12(17)18/h3-6,8,11H,7,15H2,1-2H3,(H,16,20)(H,17,18)/t11-/m0/s1. The quantitative estimate of drug-likeness (QED) is 0.563. The van der Waals surface area contributed by atoms with Crippen LogP contribution in [0.15, 0.2) is 24.3 Å². The Kier molecular flexibility index (Phi) is 5.86. The van der Waals surface area contributed by atoms with E-state index in [2.05, 4.69) is 10.1 Å².